The normalized spacial score (nSPS) is 14.1. The van der Waals surface area contributed by atoms with Gasteiger partial charge in [0.1, 0.15) is 11.6 Å². The van der Waals surface area contributed by atoms with Crippen molar-refractivity contribution >= 4 is 40.0 Å². The molecule has 1 aliphatic heterocycles. The molecular weight excluding hydrogens is 486 g/mol. The second-order valence-corrected chi connectivity index (χ2v) is 8.96. The van der Waals surface area contributed by atoms with Gasteiger partial charge in [0, 0.05) is 48.2 Å². The highest BCUT2D eigenvalue weighted by molar-refractivity contribution is 6.30. The van der Waals surface area contributed by atoms with Crippen molar-refractivity contribution in [2.75, 3.05) is 31.1 Å². The number of hydrogen-bond donors (Lipinski definition) is 0. The number of rotatable bonds is 3. The minimum atomic E-state index is -0.863. The molecule has 0 N–H and O–H groups in total. The molecule has 1 saturated heterocycles. The molecule has 0 spiro atoms. The van der Waals surface area contributed by atoms with Crippen molar-refractivity contribution in [3.05, 3.63) is 89.0 Å². The summed E-state index contributed by atoms with van der Waals surface area (Å²) >= 11 is 6.09. The molecule has 0 unspecified atom stereocenters. The van der Waals surface area contributed by atoms with E-state index >= 15 is 0 Å². The second-order valence-electron chi connectivity index (χ2n) is 8.52. The highest BCUT2D eigenvalue weighted by Crippen LogP contribution is 2.29. The van der Waals surface area contributed by atoms with Gasteiger partial charge in [-0.2, -0.15) is 0 Å². The van der Waals surface area contributed by atoms with Gasteiger partial charge in [0.25, 0.3) is 5.91 Å². The number of aromatic nitrogens is 4. The summed E-state index contributed by atoms with van der Waals surface area (Å²) < 4.78 is 29.4. The number of anilines is 1. The zero-order valence-corrected chi connectivity index (χ0v) is 19.7. The Hall–Kier alpha value is -4.11. The Morgan fingerprint density at radius 1 is 0.889 bits per heavy atom. The van der Waals surface area contributed by atoms with Gasteiger partial charge in [-0.3, -0.25) is 4.79 Å². The number of halogens is 3. The van der Waals surface area contributed by atoms with Gasteiger partial charge >= 0.3 is 0 Å². The summed E-state index contributed by atoms with van der Waals surface area (Å²) in [6, 6.07) is 18.1. The van der Waals surface area contributed by atoms with E-state index in [1.54, 1.807) is 17.0 Å². The monoisotopic (exact) mass is 504 g/mol. The molecule has 1 amide bonds. The first-order valence-electron chi connectivity index (χ1n) is 11.4. The molecule has 5 aromatic rings. The molecule has 10 heteroatoms. The van der Waals surface area contributed by atoms with Crippen LogP contribution in [0, 0.1) is 11.6 Å². The maximum absolute atomic E-state index is 14.2. The molecule has 7 nitrogen and oxygen atoms in total. The van der Waals surface area contributed by atoms with E-state index in [-0.39, 0.29) is 5.56 Å². The molecule has 3 aromatic carbocycles. The number of hydrogen-bond acceptors (Lipinski definition) is 5. The molecule has 3 heterocycles. The summed E-state index contributed by atoms with van der Waals surface area (Å²) in [5.74, 6) is -0.765. The molecule has 0 aliphatic carbocycles. The minimum absolute atomic E-state index is 0.139. The number of piperazine rings is 1. The van der Waals surface area contributed by atoms with Crippen LogP contribution in [0.3, 0.4) is 0 Å². The van der Waals surface area contributed by atoms with Crippen molar-refractivity contribution in [3.63, 3.8) is 0 Å². The smallest absolute Gasteiger partial charge is 0.256 e. The lowest BCUT2D eigenvalue weighted by atomic mass is 10.1. The fraction of sp³-hybridized carbons (Fsp3) is 0.154. The fourth-order valence-electron chi connectivity index (χ4n) is 4.51. The molecule has 0 radical (unpaired) electrons. The van der Waals surface area contributed by atoms with Gasteiger partial charge in [0.15, 0.2) is 11.5 Å². The van der Waals surface area contributed by atoms with Crippen LogP contribution < -0.4 is 4.90 Å². The maximum Gasteiger partial charge on any atom is 0.256 e. The van der Waals surface area contributed by atoms with E-state index in [0.29, 0.717) is 48.6 Å². The Morgan fingerprint density at radius 2 is 1.64 bits per heavy atom. The third-order valence-corrected chi connectivity index (χ3v) is 6.59. The van der Waals surface area contributed by atoms with Gasteiger partial charge in [-0.15, -0.1) is 10.2 Å². The maximum atomic E-state index is 14.2. The van der Waals surface area contributed by atoms with Crippen LogP contribution >= 0.6 is 11.6 Å². The topological polar surface area (TPSA) is 66.6 Å². The van der Waals surface area contributed by atoms with E-state index in [1.165, 1.54) is 6.07 Å². The van der Waals surface area contributed by atoms with E-state index in [1.807, 2.05) is 40.8 Å². The summed E-state index contributed by atoms with van der Waals surface area (Å²) in [6.07, 6.45) is 0. The van der Waals surface area contributed by atoms with Crippen LogP contribution in [0.4, 0.5) is 14.7 Å². The number of benzene rings is 3. The van der Waals surface area contributed by atoms with E-state index < -0.39 is 17.5 Å². The number of amides is 1. The van der Waals surface area contributed by atoms with Crippen molar-refractivity contribution in [2.24, 2.45) is 0 Å². The van der Waals surface area contributed by atoms with E-state index in [0.717, 1.165) is 28.6 Å². The molecule has 36 heavy (non-hydrogen) atoms. The first kappa shape index (κ1) is 22.4. The highest BCUT2D eigenvalue weighted by Gasteiger charge is 2.27. The van der Waals surface area contributed by atoms with Crippen molar-refractivity contribution in [3.8, 4) is 11.4 Å². The van der Waals surface area contributed by atoms with Gasteiger partial charge < -0.3 is 9.80 Å². The van der Waals surface area contributed by atoms with Gasteiger partial charge in [-0.1, -0.05) is 23.7 Å². The van der Waals surface area contributed by atoms with Crippen LogP contribution in [0.5, 0.6) is 0 Å². The number of carbonyl (C=O) groups is 1. The van der Waals surface area contributed by atoms with Crippen molar-refractivity contribution in [2.45, 2.75) is 0 Å². The molecule has 1 aliphatic rings. The van der Waals surface area contributed by atoms with E-state index in [9.17, 15) is 13.6 Å². The average Bonchev–Trinajstić information content (AvgIpc) is 3.34. The molecule has 0 bridgehead atoms. The number of nitrogens with zero attached hydrogens (tertiary/aromatic N) is 6. The first-order chi connectivity index (χ1) is 17.5. The Balaban J connectivity index is 1.37. The molecule has 0 atom stereocenters. The van der Waals surface area contributed by atoms with Gasteiger partial charge in [-0.25, -0.2) is 18.2 Å². The van der Waals surface area contributed by atoms with Crippen LogP contribution in [0.2, 0.25) is 5.02 Å². The number of para-hydroxylation sites is 1. The summed E-state index contributed by atoms with van der Waals surface area (Å²) in [6.45, 7) is 1.63. The second kappa shape index (κ2) is 8.83. The Kier molecular flexibility index (Phi) is 5.49. The van der Waals surface area contributed by atoms with Crippen molar-refractivity contribution < 1.29 is 13.6 Å². The highest BCUT2D eigenvalue weighted by atomic mass is 35.5. The molecule has 1 fully saturated rings. The number of carbonyl (C=O) groups excluding carboxylic acids is 1. The zero-order chi connectivity index (χ0) is 24.8. The average molecular weight is 505 g/mol. The van der Waals surface area contributed by atoms with Gasteiger partial charge in [0.05, 0.1) is 11.1 Å². The summed E-state index contributed by atoms with van der Waals surface area (Å²) in [7, 11) is 0. The standard InChI is InChI=1S/C26H19ClF2N6O/c27-17-7-5-16(6-8-17)23-31-32-24-20-3-1-2-4-22(20)30-26(35(23)24)34-13-11-33(12-14-34)25(36)19-10-9-18(28)15-21(19)29/h1-10,15H,11-14H2. The molecule has 180 valence electrons. The van der Waals surface area contributed by atoms with E-state index in [2.05, 4.69) is 15.1 Å². The van der Waals surface area contributed by atoms with Crippen LogP contribution in [0.15, 0.2) is 66.7 Å². The minimum Gasteiger partial charge on any atom is -0.338 e. The Bertz CT molecular complexity index is 1610. The van der Waals surface area contributed by atoms with Crippen LogP contribution in [-0.4, -0.2) is 56.6 Å². The molecular formula is C26H19ClF2N6O. The lowest BCUT2D eigenvalue weighted by molar-refractivity contribution is 0.0741. The van der Waals surface area contributed by atoms with Gasteiger partial charge in [-0.05, 0) is 48.5 Å². The lowest BCUT2D eigenvalue weighted by Crippen LogP contribution is -2.49. The predicted molar refractivity (Wildman–Crippen MR) is 133 cm³/mol. The third kappa shape index (κ3) is 3.81. The van der Waals surface area contributed by atoms with Crippen LogP contribution in [0.25, 0.3) is 27.9 Å². The summed E-state index contributed by atoms with van der Waals surface area (Å²) in [5.41, 5.74) is 2.15. The fourth-order valence-corrected chi connectivity index (χ4v) is 4.63. The van der Waals surface area contributed by atoms with Crippen LogP contribution in [-0.2, 0) is 0 Å². The zero-order valence-electron chi connectivity index (χ0n) is 18.9. The first-order valence-corrected chi connectivity index (χ1v) is 11.8. The predicted octanol–water partition coefficient (Wildman–Crippen LogP) is 4.84. The molecule has 2 aromatic heterocycles. The quantitative estimate of drug-likeness (QED) is 0.352. The van der Waals surface area contributed by atoms with E-state index in [4.69, 9.17) is 16.6 Å². The SMILES string of the molecule is O=C(c1ccc(F)cc1F)N1CCN(c2nc3ccccc3c3nnc(-c4ccc(Cl)cc4)n23)CC1. The van der Waals surface area contributed by atoms with Crippen molar-refractivity contribution in [1.29, 1.82) is 0 Å². The molecule has 6 rings (SSSR count). The van der Waals surface area contributed by atoms with Gasteiger partial charge in [0.2, 0.25) is 5.95 Å². The third-order valence-electron chi connectivity index (χ3n) is 6.34. The Labute approximate surface area is 209 Å². The summed E-state index contributed by atoms with van der Waals surface area (Å²) in [5, 5.41) is 10.4. The Morgan fingerprint density at radius 3 is 2.39 bits per heavy atom. The van der Waals surface area contributed by atoms with Crippen molar-refractivity contribution in [1.82, 2.24) is 24.5 Å². The molecule has 0 saturated carbocycles. The lowest BCUT2D eigenvalue weighted by Gasteiger charge is -2.35. The largest absolute Gasteiger partial charge is 0.338 e. The summed E-state index contributed by atoms with van der Waals surface area (Å²) in [4.78, 5) is 21.4. The number of fused-ring (bicyclic) bond motifs is 3. The van der Waals surface area contributed by atoms with Crippen LogP contribution in [0.1, 0.15) is 10.4 Å².